The number of methoxy groups -OCH3 is 2. The zero-order valence-corrected chi connectivity index (χ0v) is 14.1. The third kappa shape index (κ3) is 2.93. The second-order valence-corrected chi connectivity index (χ2v) is 6.06. The van der Waals surface area contributed by atoms with E-state index in [-0.39, 0.29) is 11.6 Å². The molecule has 6 heteroatoms. The van der Waals surface area contributed by atoms with E-state index in [9.17, 15) is 0 Å². The molecule has 0 saturated heterocycles. The number of hydrogen-bond acceptors (Lipinski definition) is 4. The SMILES string of the molecule is CCNC(c1c(Br)cnn1CCOC)C1(OC)CCC1. The third-order valence-corrected chi connectivity index (χ3v) is 4.77. The van der Waals surface area contributed by atoms with Gasteiger partial charge < -0.3 is 14.8 Å². The largest absolute Gasteiger partial charge is 0.383 e. The number of nitrogens with zero attached hydrogens (tertiary/aromatic N) is 2. The van der Waals surface area contributed by atoms with Crippen LogP contribution in [0.15, 0.2) is 10.7 Å². The maximum absolute atomic E-state index is 5.87. The van der Waals surface area contributed by atoms with Gasteiger partial charge in [-0.25, -0.2) is 0 Å². The number of aromatic nitrogens is 2. The fourth-order valence-corrected chi connectivity index (χ4v) is 3.41. The quantitative estimate of drug-likeness (QED) is 0.786. The smallest absolute Gasteiger partial charge is 0.0888 e. The molecule has 0 aliphatic heterocycles. The Bertz CT molecular complexity index is 427. The summed E-state index contributed by atoms with van der Waals surface area (Å²) in [5, 5.41) is 8.04. The zero-order chi connectivity index (χ0) is 14.6. The lowest BCUT2D eigenvalue weighted by atomic mass is 9.73. The van der Waals surface area contributed by atoms with E-state index in [1.165, 1.54) is 6.42 Å². The van der Waals surface area contributed by atoms with Gasteiger partial charge in [0.1, 0.15) is 0 Å². The molecule has 1 heterocycles. The molecule has 1 aliphatic carbocycles. The normalized spacial score (nSPS) is 18.8. The molecule has 0 spiro atoms. The first kappa shape index (κ1) is 15.9. The van der Waals surface area contributed by atoms with Crippen molar-refractivity contribution in [3.63, 3.8) is 0 Å². The number of rotatable bonds is 8. The van der Waals surface area contributed by atoms with Crippen molar-refractivity contribution in [3.8, 4) is 0 Å². The highest BCUT2D eigenvalue weighted by atomic mass is 79.9. The van der Waals surface area contributed by atoms with E-state index < -0.39 is 0 Å². The Hall–Kier alpha value is -0.430. The van der Waals surface area contributed by atoms with Crippen molar-refractivity contribution in [2.24, 2.45) is 0 Å². The van der Waals surface area contributed by atoms with Crippen molar-refractivity contribution in [2.75, 3.05) is 27.4 Å². The molecule has 1 aromatic rings. The fourth-order valence-electron chi connectivity index (χ4n) is 2.89. The Kier molecular flexibility index (Phi) is 5.60. The lowest BCUT2D eigenvalue weighted by Gasteiger charge is -2.47. The highest BCUT2D eigenvalue weighted by molar-refractivity contribution is 9.10. The fraction of sp³-hybridized carbons (Fsp3) is 0.786. The van der Waals surface area contributed by atoms with Crippen LogP contribution in [0.4, 0.5) is 0 Å². The molecule has 1 fully saturated rings. The first-order valence-corrected chi connectivity index (χ1v) is 7.96. The molecule has 1 N–H and O–H groups in total. The number of halogens is 1. The number of likely N-dealkylation sites (N-methyl/N-ethyl adjacent to an activating group) is 1. The summed E-state index contributed by atoms with van der Waals surface area (Å²) in [6.07, 6.45) is 5.25. The van der Waals surface area contributed by atoms with Gasteiger partial charge in [-0.1, -0.05) is 6.92 Å². The van der Waals surface area contributed by atoms with Gasteiger partial charge in [-0.15, -0.1) is 0 Å². The zero-order valence-electron chi connectivity index (χ0n) is 12.5. The van der Waals surface area contributed by atoms with Crippen molar-refractivity contribution < 1.29 is 9.47 Å². The van der Waals surface area contributed by atoms with Crippen LogP contribution in [0, 0.1) is 0 Å². The standard InChI is InChI=1S/C14H24BrN3O2/c1-4-16-13(14(20-3)6-5-7-14)12-11(15)10-17-18(12)8-9-19-2/h10,13,16H,4-9H2,1-3H3. The molecule has 5 nitrogen and oxygen atoms in total. The molecule has 114 valence electrons. The minimum Gasteiger partial charge on any atom is -0.383 e. The van der Waals surface area contributed by atoms with Crippen LogP contribution in [-0.2, 0) is 16.0 Å². The lowest BCUT2D eigenvalue weighted by Crippen LogP contribution is -2.51. The second-order valence-electron chi connectivity index (χ2n) is 5.21. The highest BCUT2D eigenvalue weighted by Crippen LogP contribution is 2.46. The van der Waals surface area contributed by atoms with Crippen LogP contribution in [0.2, 0.25) is 0 Å². The summed E-state index contributed by atoms with van der Waals surface area (Å²) in [7, 11) is 3.52. The summed E-state index contributed by atoms with van der Waals surface area (Å²) in [5.74, 6) is 0. The van der Waals surface area contributed by atoms with Gasteiger partial charge in [0.05, 0.1) is 41.2 Å². The van der Waals surface area contributed by atoms with E-state index in [4.69, 9.17) is 9.47 Å². The second kappa shape index (κ2) is 7.02. The summed E-state index contributed by atoms with van der Waals surface area (Å²) >= 11 is 3.63. The monoisotopic (exact) mass is 345 g/mol. The van der Waals surface area contributed by atoms with Crippen LogP contribution in [0.5, 0.6) is 0 Å². The molecule has 1 unspecified atom stereocenters. The van der Waals surface area contributed by atoms with Crippen molar-refractivity contribution in [1.29, 1.82) is 0 Å². The van der Waals surface area contributed by atoms with E-state index in [0.29, 0.717) is 6.61 Å². The van der Waals surface area contributed by atoms with Gasteiger partial charge >= 0.3 is 0 Å². The van der Waals surface area contributed by atoms with Gasteiger partial charge in [-0.05, 0) is 41.7 Å². The van der Waals surface area contributed by atoms with E-state index >= 15 is 0 Å². The van der Waals surface area contributed by atoms with Gasteiger partial charge in [0, 0.05) is 14.2 Å². The summed E-state index contributed by atoms with van der Waals surface area (Å²) in [5.41, 5.74) is 1.05. The lowest BCUT2D eigenvalue weighted by molar-refractivity contribution is -0.101. The maximum atomic E-state index is 5.87. The Balaban J connectivity index is 2.31. The molecular formula is C14H24BrN3O2. The molecule has 1 aromatic heterocycles. The molecule has 2 rings (SSSR count). The number of nitrogens with one attached hydrogen (secondary N) is 1. The predicted octanol–water partition coefficient (Wildman–Crippen LogP) is 2.51. The maximum Gasteiger partial charge on any atom is 0.0888 e. The van der Waals surface area contributed by atoms with E-state index in [1.54, 1.807) is 7.11 Å². The summed E-state index contributed by atoms with van der Waals surface area (Å²) in [6, 6.07) is 0.153. The van der Waals surface area contributed by atoms with Gasteiger partial charge in [0.25, 0.3) is 0 Å². The summed E-state index contributed by atoms with van der Waals surface area (Å²) in [4.78, 5) is 0. The average Bonchev–Trinajstić information content (AvgIpc) is 2.75. The Morgan fingerprint density at radius 2 is 2.25 bits per heavy atom. The number of hydrogen-bond donors (Lipinski definition) is 1. The van der Waals surface area contributed by atoms with E-state index in [1.807, 2.05) is 18.0 Å². The Morgan fingerprint density at radius 1 is 1.50 bits per heavy atom. The van der Waals surface area contributed by atoms with Crippen molar-refractivity contribution in [2.45, 2.75) is 44.4 Å². The van der Waals surface area contributed by atoms with Gasteiger partial charge in [-0.2, -0.15) is 5.10 Å². The van der Waals surface area contributed by atoms with Gasteiger partial charge in [0.15, 0.2) is 0 Å². The molecule has 1 atom stereocenters. The van der Waals surface area contributed by atoms with Crippen LogP contribution in [0.1, 0.15) is 37.9 Å². The van der Waals surface area contributed by atoms with Crippen molar-refractivity contribution >= 4 is 15.9 Å². The molecule has 20 heavy (non-hydrogen) atoms. The minimum absolute atomic E-state index is 0.108. The van der Waals surface area contributed by atoms with Crippen LogP contribution in [0.25, 0.3) is 0 Å². The van der Waals surface area contributed by atoms with Gasteiger partial charge in [0.2, 0.25) is 0 Å². The van der Waals surface area contributed by atoms with E-state index in [2.05, 4.69) is 33.3 Å². The van der Waals surface area contributed by atoms with Crippen molar-refractivity contribution in [3.05, 3.63) is 16.4 Å². The van der Waals surface area contributed by atoms with E-state index in [0.717, 1.165) is 36.1 Å². The molecule has 1 saturated carbocycles. The van der Waals surface area contributed by atoms with Crippen LogP contribution in [-0.4, -0.2) is 42.8 Å². The highest BCUT2D eigenvalue weighted by Gasteiger charge is 2.46. The van der Waals surface area contributed by atoms with Crippen LogP contribution < -0.4 is 5.32 Å². The first-order valence-electron chi connectivity index (χ1n) is 7.17. The van der Waals surface area contributed by atoms with Crippen molar-refractivity contribution in [1.82, 2.24) is 15.1 Å². The average molecular weight is 346 g/mol. The molecule has 1 aliphatic rings. The predicted molar refractivity (Wildman–Crippen MR) is 81.8 cm³/mol. The minimum atomic E-state index is -0.108. The Morgan fingerprint density at radius 3 is 2.75 bits per heavy atom. The molecular weight excluding hydrogens is 322 g/mol. The first-order chi connectivity index (χ1) is 9.68. The molecule has 0 radical (unpaired) electrons. The Labute approximate surface area is 129 Å². The molecule has 0 bridgehead atoms. The number of ether oxygens (including phenoxy) is 2. The van der Waals surface area contributed by atoms with Crippen LogP contribution in [0.3, 0.4) is 0 Å². The topological polar surface area (TPSA) is 48.3 Å². The molecule has 0 amide bonds. The van der Waals surface area contributed by atoms with Gasteiger partial charge in [-0.3, -0.25) is 4.68 Å². The summed E-state index contributed by atoms with van der Waals surface area (Å²) < 4.78 is 14.1. The third-order valence-electron chi connectivity index (χ3n) is 4.15. The van der Waals surface area contributed by atoms with Crippen LogP contribution >= 0.6 is 15.9 Å². The summed E-state index contributed by atoms with van der Waals surface area (Å²) in [6.45, 7) is 4.43. The molecule has 0 aromatic carbocycles.